The molecule has 6 nitrogen and oxygen atoms in total. The summed E-state index contributed by atoms with van der Waals surface area (Å²) in [5.74, 6) is 0.546. The second-order valence-electron chi connectivity index (χ2n) is 5.73. The summed E-state index contributed by atoms with van der Waals surface area (Å²) in [6.45, 7) is 9.80. The smallest absolute Gasteiger partial charge is 0.293 e. The van der Waals surface area contributed by atoms with Crippen LogP contribution in [0.5, 0.6) is 0 Å². The number of nitrogens with one attached hydrogen (secondary N) is 1. The molecule has 1 saturated heterocycles. The quantitative estimate of drug-likeness (QED) is 0.843. The van der Waals surface area contributed by atoms with Gasteiger partial charge in [0, 0.05) is 38.1 Å². The molecule has 1 aromatic heterocycles. The van der Waals surface area contributed by atoms with Crippen LogP contribution in [0.1, 0.15) is 27.2 Å². The maximum absolute atomic E-state index is 12.5. The van der Waals surface area contributed by atoms with E-state index < -0.39 is 0 Å². The summed E-state index contributed by atoms with van der Waals surface area (Å²) in [7, 11) is 0. The normalized spacial score (nSPS) is 19.2. The molecule has 1 atom stereocenters. The molecule has 2 rings (SSSR count). The van der Waals surface area contributed by atoms with Gasteiger partial charge in [-0.1, -0.05) is 20.8 Å². The average Bonchev–Trinajstić information content (AvgIpc) is 2.48. The van der Waals surface area contributed by atoms with Crippen LogP contribution in [0.3, 0.4) is 0 Å². The lowest BCUT2D eigenvalue weighted by Crippen LogP contribution is -2.53. The van der Waals surface area contributed by atoms with Gasteiger partial charge in [0.1, 0.15) is 0 Å². The van der Waals surface area contributed by atoms with Gasteiger partial charge in [0.15, 0.2) is 5.82 Å². The molecular weight excluding hydrogens is 268 g/mol. The molecular formula is C15H26N4O2. The fourth-order valence-corrected chi connectivity index (χ4v) is 2.52. The Morgan fingerprint density at radius 2 is 2.33 bits per heavy atom. The molecule has 118 valence electrons. The van der Waals surface area contributed by atoms with Crippen LogP contribution >= 0.6 is 0 Å². The minimum Gasteiger partial charge on any atom is -0.377 e. The molecule has 0 spiro atoms. The van der Waals surface area contributed by atoms with Gasteiger partial charge in [-0.25, -0.2) is 4.98 Å². The van der Waals surface area contributed by atoms with E-state index in [1.54, 1.807) is 17.0 Å². The number of rotatable bonds is 6. The molecule has 1 fully saturated rings. The zero-order valence-electron chi connectivity index (χ0n) is 13.2. The van der Waals surface area contributed by atoms with Crippen molar-refractivity contribution in [2.75, 3.05) is 31.2 Å². The van der Waals surface area contributed by atoms with Crippen molar-refractivity contribution in [2.45, 2.75) is 45.8 Å². The first-order valence-electron chi connectivity index (χ1n) is 7.76. The van der Waals surface area contributed by atoms with Gasteiger partial charge in [-0.15, -0.1) is 0 Å². The van der Waals surface area contributed by atoms with Crippen molar-refractivity contribution in [2.24, 2.45) is 0 Å². The van der Waals surface area contributed by atoms with Gasteiger partial charge in [0.05, 0.1) is 19.3 Å². The van der Waals surface area contributed by atoms with Crippen LogP contribution in [-0.4, -0.2) is 47.9 Å². The van der Waals surface area contributed by atoms with Crippen molar-refractivity contribution in [3.63, 3.8) is 0 Å². The van der Waals surface area contributed by atoms with Crippen molar-refractivity contribution in [3.05, 3.63) is 22.7 Å². The van der Waals surface area contributed by atoms with E-state index in [1.807, 2.05) is 0 Å². The minimum atomic E-state index is -0.00389. The average molecular weight is 294 g/mol. The summed E-state index contributed by atoms with van der Waals surface area (Å²) in [4.78, 5) is 19.0. The molecule has 0 aromatic carbocycles. The van der Waals surface area contributed by atoms with Crippen LogP contribution in [0.4, 0.5) is 5.82 Å². The van der Waals surface area contributed by atoms with Crippen LogP contribution in [0.25, 0.3) is 0 Å². The Hall–Kier alpha value is -1.40. The molecule has 6 heteroatoms. The topological polar surface area (TPSA) is 59.4 Å². The monoisotopic (exact) mass is 294 g/mol. The highest BCUT2D eigenvalue weighted by molar-refractivity contribution is 5.38. The van der Waals surface area contributed by atoms with Gasteiger partial charge in [-0.2, -0.15) is 0 Å². The van der Waals surface area contributed by atoms with Gasteiger partial charge < -0.3 is 19.5 Å². The van der Waals surface area contributed by atoms with Gasteiger partial charge >= 0.3 is 0 Å². The van der Waals surface area contributed by atoms with Gasteiger partial charge in [0.25, 0.3) is 5.56 Å². The van der Waals surface area contributed by atoms with E-state index >= 15 is 0 Å². The molecule has 1 aliphatic rings. The number of aromatic nitrogens is 2. The standard InChI is InChI=1S/C15H26N4O2/c1-4-6-18-7-5-16-14(15(18)20)19-8-9-21-11-13(19)10-17-12(2)3/h5,7,12-13,17H,4,6,8-11H2,1-3H3. The zero-order valence-corrected chi connectivity index (χ0v) is 13.2. The summed E-state index contributed by atoms with van der Waals surface area (Å²) in [6, 6.07) is 0.563. The van der Waals surface area contributed by atoms with Gasteiger partial charge in [-0.3, -0.25) is 4.79 Å². The highest BCUT2D eigenvalue weighted by atomic mass is 16.5. The van der Waals surface area contributed by atoms with Crippen LogP contribution in [0, 0.1) is 0 Å². The molecule has 1 N–H and O–H groups in total. The third kappa shape index (κ3) is 4.04. The largest absolute Gasteiger partial charge is 0.377 e. The van der Waals surface area contributed by atoms with Crippen LogP contribution < -0.4 is 15.8 Å². The third-order valence-corrected chi connectivity index (χ3v) is 3.62. The summed E-state index contributed by atoms with van der Waals surface area (Å²) >= 11 is 0. The van der Waals surface area contributed by atoms with E-state index in [2.05, 4.69) is 36.0 Å². The predicted molar refractivity (Wildman–Crippen MR) is 83.9 cm³/mol. The lowest BCUT2D eigenvalue weighted by atomic mass is 10.2. The molecule has 0 saturated carbocycles. The Morgan fingerprint density at radius 1 is 1.52 bits per heavy atom. The molecule has 1 aromatic rings. The highest BCUT2D eigenvalue weighted by Crippen LogP contribution is 2.13. The molecule has 21 heavy (non-hydrogen) atoms. The van der Waals surface area contributed by atoms with E-state index in [0.29, 0.717) is 31.6 Å². The Morgan fingerprint density at radius 3 is 3.05 bits per heavy atom. The minimum absolute atomic E-state index is 0.00389. The number of hydrogen-bond acceptors (Lipinski definition) is 5. The lowest BCUT2D eigenvalue weighted by Gasteiger charge is -2.36. The van der Waals surface area contributed by atoms with Crippen molar-refractivity contribution in [1.82, 2.24) is 14.9 Å². The van der Waals surface area contributed by atoms with Crippen LogP contribution in [-0.2, 0) is 11.3 Å². The number of hydrogen-bond donors (Lipinski definition) is 1. The van der Waals surface area contributed by atoms with E-state index in [0.717, 1.165) is 19.5 Å². The van der Waals surface area contributed by atoms with Crippen molar-refractivity contribution >= 4 is 5.82 Å². The fraction of sp³-hybridized carbons (Fsp3) is 0.733. The predicted octanol–water partition coefficient (Wildman–Crippen LogP) is 0.857. The Balaban J connectivity index is 2.20. The Bertz CT molecular complexity index is 501. The maximum Gasteiger partial charge on any atom is 0.293 e. The molecule has 2 heterocycles. The fourth-order valence-electron chi connectivity index (χ4n) is 2.52. The maximum atomic E-state index is 12.5. The molecule has 1 aliphatic heterocycles. The third-order valence-electron chi connectivity index (χ3n) is 3.62. The van der Waals surface area contributed by atoms with Crippen LogP contribution in [0.2, 0.25) is 0 Å². The second-order valence-corrected chi connectivity index (χ2v) is 5.73. The van der Waals surface area contributed by atoms with E-state index in [9.17, 15) is 4.79 Å². The number of ether oxygens (including phenoxy) is 1. The zero-order chi connectivity index (χ0) is 15.2. The first-order chi connectivity index (χ1) is 10.1. The summed E-state index contributed by atoms with van der Waals surface area (Å²) < 4.78 is 7.31. The molecule has 0 bridgehead atoms. The van der Waals surface area contributed by atoms with E-state index in [4.69, 9.17) is 4.74 Å². The first-order valence-corrected chi connectivity index (χ1v) is 7.76. The van der Waals surface area contributed by atoms with Gasteiger partial charge in [-0.05, 0) is 6.42 Å². The molecule has 0 amide bonds. The summed E-state index contributed by atoms with van der Waals surface area (Å²) in [5.41, 5.74) is -0.00389. The number of nitrogens with zero attached hydrogens (tertiary/aromatic N) is 3. The van der Waals surface area contributed by atoms with E-state index in [-0.39, 0.29) is 11.6 Å². The molecule has 1 unspecified atom stereocenters. The Kier molecular flexibility index (Phi) is 5.76. The van der Waals surface area contributed by atoms with Crippen LogP contribution in [0.15, 0.2) is 17.2 Å². The van der Waals surface area contributed by atoms with Gasteiger partial charge in [0.2, 0.25) is 0 Å². The first kappa shape index (κ1) is 16.0. The van der Waals surface area contributed by atoms with Crippen molar-refractivity contribution in [1.29, 1.82) is 0 Å². The van der Waals surface area contributed by atoms with E-state index in [1.165, 1.54) is 0 Å². The van der Waals surface area contributed by atoms with Crippen molar-refractivity contribution < 1.29 is 4.74 Å². The molecule has 0 aliphatic carbocycles. The highest BCUT2D eigenvalue weighted by Gasteiger charge is 2.26. The second kappa shape index (κ2) is 7.56. The summed E-state index contributed by atoms with van der Waals surface area (Å²) in [6.07, 6.45) is 4.41. The number of anilines is 1. The SMILES string of the molecule is CCCn1ccnc(N2CCOCC2CNC(C)C)c1=O. The Labute approximate surface area is 126 Å². The summed E-state index contributed by atoms with van der Waals surface area (Å²) in [5, 5.41) is 3.42. The number of aryl methyl sites for hydroxylation is 1. The lowest BCUT2D eigenvalue weighted by molar-refractivity contribution is 0.0925. The van der Waals surface area contributed by atoms with Crippen molar-refractivity contribution in [3.8, 4) is 0 Å². The number of morpholine rings is 1. The molecule has 0 radical (unpaired) electrons.